The van der Waals surface area contributed by atoms with Gasteiger partial charge in [-0.15, -0.1) is 0 Å². The Balaban J connectivity index is 1.44. The molecule has 2 aromatic heterocycles. The van der Waals surface area contributed by atoms with Gasteiger partial charge in [0, 0.05) is 23.9 Å². The van der Waals surface area contributed by atoms with Crippen LogP contribution >= 0.6 is 0 Å². The number of H-pyrrole nitrogens is 1. The summed E-state index contributed by atoms with van der Waals surface area (Å²) in [5.41, 5.74) is 2.75. The average molecular weight is 332 g/mol. The maximum Gasteiger partial charge on any atom is 0.224 e. The van der Waals surface area contributed by atoms with Crippen molar-refractivity contribution in [2.24, 2.45) is 0 Å². The van der Waals surface area contributed by atoms with Crippen LogP contribution < -0.4 is 5.32 Å². The minimum absolute atomic E-state index is 0.0614. The van der Waals surface area contributed by atoms with Crippen molar-refractivity contribution >= 4 is 22.5 Å². The number of nitrogens with one attached hydrogen (secondary N) is 2. The van der Waals surface area contributed by atoms with Crippen LogP contribution in [-0.2, 0) is 11.2 Å². The van der Waals surface area contributed by atoms with Gasteiger partial charge in [-0.2, -0.15) is 10.2 Å². The highest BCUT2D eigenvalue weighted by Gasteiger charge is 2.07. The Morgan fingerprint density at radius 1 is 1.12 bits per heavy atom. The molecule has 0 atom stereocenters. The number of hydrogen-bond donors (Lipinski definition) is 2. The van der Waals surface area contributed by atoms with E-state index in [-0.39, 0.29) is 5.91 Å². The minimum Gasteiger partial charge on any atom is -0.326 e. The van der Waals surface area contributed by atoms with Crippen LogP contribution in [0.1, 0.15) is 12.2 Å². The molecule has 0 unspecified atom stereocenters. The van der Waals surface area contributed by atoms with Crippen LogP contribution in [0.15, 0.2) is 61.1 Å². The molecule has 0 saturated heterocycles. The second-order valence-electron chi connectivity index (χ2n) is 5.64. The Morgan fingerprint density at radius 3 is 2.76 bits per heavy atom. The molecule has 0 aliphatic rings. The SMILES string of the molecule is O=C(CCc1ncn[nH]1)Nc1ccc(-n2ncc3ccccc32)cc1. The predicted molar refractivity (Wildman–Crippen MR) is 94.4 cm³/mol. The van der Waals surface area contributed by atoms with Crippen molar-refractivity contribution in [2.75, 3.05) is 5.32 Å². The van der Waals surface area contributed by atoms with Gasteiger partial charge in [0.1, 0.15) is 12.2 Å². The van der Waals surface area contributed by atoms with Crippen molar-refractivity contribution in [3.63, 3.8) is 0 Å². The fraction of sp³-hybridized carbons (Fsp3) is 0.111. The number of benzene rings is 2. The second-order valence-corrected chi connectivity index (χ2v) is 5.64. The van der Waals surface area contributed by atoms with Gasteiger partial charge in [0.2, 0.25) is 5.91 Å². The highest BCUT2D eigenvalue weighted by atomic mass is 16.1. The lowest BCUT2D eigenvalue weighted by Gasteiger charge is -2.07. The third kappa shape index (κ3) is 3.25. The Bertz CT molecular complexity index is 988. The summed E-state index contributed by atoms with van der Waals surface area (Å²) >= 11 is 0. The van der Waals surface area contributed by atoms with Gasteiger partial charge in [-0.05, 0) is 30.3 Å². The Hall–Kier alpha value is -3.48. The average Bonchev–Trinajstić information content (AvgIpc) is 3.30. The molecule has 25 heavy (non-hydrogen) atoms. The number of aromatic nitrogens is 5. The van der Waals surface area contributed by atoms with E-state index in [1.54, 1.807) is 0 Å². The van der Waals surface area contributed by atoms with Crippen LogP contribution in [0.2, 0.25) is 0 Å². The number of nitrogens with zero attached hydrogens (tertiary/aromatic N) is 4. The molecule has 0 spiro atoms. The lowest BCUT2D eigenvalue weighted by atomic mass is 10.2. The second kappa shape index (κ2) is 6.56. The van der Waals surface area contributed by atoms with E-state index in [0.717, 1.165) is 22.3 Å². The zero-order valence-electron chi connectivity index (χ0n) is 13.4. The Labute approximate surface area is 143 Å². The van der Waals surface area contributed by atoms with Crippen LogP contribution in [-0.4, -0.2) is 30.9 Å². The zero-order valence-corrected chi connectivity index (χ0v) is 13.4. The molecule has 0 radical (unpaired) electrons. The van der Waals surface area contributed by atoms with Crippen LogP contribution in [0.3, 0.4) is 0 Å². The summed E-state index contributed by atoms with van der Waals surface area (Å²) in [7, 11) is 0. The Kier molecular flexibility index (Phi) is 3.96. The van der Waals surface area contributed by atoms with Crippen molar-refractivity contribution in [3.05, 3.63) is 66.9 Å². The summed E-state index contributed by atoms with van der Waals surface area (Å²) in [5, 5.41) is 14.9. The molecular formula is C18H16N6O. The van der Waals surface area contributed by atoms with Gasteiger partial charge in [-0.3, -0.25) is 9.89 Å². The molecule has 2 aromatic carbocycles. The molecule has 1 amide bonds. The fourth-order valence-corrected chi connectivity index (χ4v) is 2.67. The first-order chi connectivity index (χ1) is 12.3. The molecule has 4 rings (SSSR count). The number of anilines is 1. The molecule has 0 bridgehead atoms. The fourth-order valence-electron chi connectivity index (χ4n) is 2.67. The molecule has 0 aliphatic carbocycles. The van der Waals surface area contributed by atoms with E-state index < -0.39 is 0 Å². The van der Waals surface area contributed by atoms with Crippen molar-refractivity contribution in [3.8, 4) is 5.69 Å². The molecule has 7 heteroatoms. The van der Waals surface area contributed by atoms with E-state index >= 15 is 0 Å². The van der Waals surface area contributed by atoms with Gasteiger partial charge >= 0.3 is 0 Å². The first-order valence-electron chi connectivity index (χ1n) is 7.97. The van der Waals surface area contributed by atoms with E-state index in [1.165, 1.54) is 6.33 Å². The molecule has 2 N–H and O–H groups in total. The van der Waals surface area contributed by atoms with Crippen molar-refractivity contribution < 1.29 is 4.79 Å². The van der Waals surface area contributed by atoms with Gasteiger partial charge in [-0.25, -0.2) is 9.67 Å². The quantitative estimate of drug-likeness (QED) is 0.588. The summed E-state index contributed by atoms with van der Waals surface area (Å²) in [4.78, 5) is 16.0. The molecule has 4 aromatic rings. The van der Waals surface area contributed by atoms with Gasteiger partial charge in [-0.1, -0.05) is 18.2 Å². The molecule has 2 heterocycles. The molecule has 7 nitrogen and oxygen atoms in total. The highest BCUT2D eigenvalue weighted by molar-refractivity contribution is 5.91. The largest absolute Gasteiger partial charge is 0.326 e. The summed E-state index contributed by atoms with van der Waals surface area (Å²) in [6, 6.07) is 15.7. The number of hydrogen-bond acceptors (Lipinski definition) is 4. The molecule has 0 aliphatic heterocycles. The highest BCUT2D eigenvalue weighted by Crippen LogP contribution is 2.19. The number of aryl methyl sites for hydroxylation is 1. The summed E-state index contributed by atoms with van der Waals surface area (Å²) in [5.74, 6) is 0.643. The Morgan fingerprint density at radius 2 is 1.96 bits per heavy atom. The number of fused-ring (bicyclic) bond motifs is 1. The first-order valence-corrected chi connectivity index (χ1v) is 7.97. The molecular weight excluding hydrogens is 316 g/mol. The first kappa shape index (κ1) is 15.1. The van der Waals surface area contributed by atoms with E-state index in [4.69, 9.17) is 0 Å². The van der Waals surface area contributed by atoms with E-state index in [0.29, 0.717) is 18.7 Å². The van der Waals surface area contributed by atoms with Gasteiger partial charge in [0.15, 0.2) is 0 Å². The standard InChI is InChI=1S/C18H16N6O/c25-18(10-9-17-19-12-20-23-17)22-14-5-7-15(8-6-14)24-16-4-2-1-3-13(16)11-21-24/h1-8,11-12H,9-10H2,(H,22,25)(H,19,20,23). The third-order valence-corrected chi connectivity index (χ3v) is 3.93. The summed E-state index contributed by atoms with van der Waals surface area (Å²) < 4.78 is 1.88. The van der Waals surface area contributed by atoms with Gasteiger partial charge in [0.05, 0.1) is 17.4 Å². The van der Waals surface area contributed by atoms with Crippen molar-refractivity contribution in [1.29, 1.82) is 0 Å². The number of carbonyl (C=O) groups is 1. The van der Waals surface area contributed by atoms with Crippen molar-refractivity contribution in [2.45, 2.75) is 12.8 Å². The van der Waals surface area contributed by atoms with Crippen LogP contribution in [0.25, 0.3) is 16.6 Å². The lowest BCUT2D eigenvalue weighted by Crippen LogP contribution is -2.12. The number of aromatic amines is 1. The number of carbonyl (C=O) groups excluding carboxylic acids is 1. The van der Waals surface area contributed by atoms with Gasteiger partial charge < -0.3 is 5.32 Å². The minimum atomic E-state index is -0.0614. The smallest absolute Gasteiger partial charge is 0.224 e. The number of rotatable bonds is 5. The van der Waals surface area contributed by atoms with Crippen LogP contribution in [0, 0.1) is 0 Å². The molecule has 124 valence electrons. The third-order valence-electron chi connectivity index (χ3n) is 3.93. The predicted octanol–water partition coefficient (Wildman–Crippen LogP) is 2.71. The number of para-hydroxylation sites is 1. The lowest BCUT2D eigenvalue weighted by molar-refractivity contribution is -0.116. The zero-order chi connectivity index (χ0) is 17.1. The molecule has 0 fully saturated rings. The van der Waals surface area contributed by atoms with E-state index in [9.17, 15) is 4.79 Å². The topological polar surface area (TPSA) is 88.5 Å². The van der Waals surface area contributed by atoms with Crippen molar-refractivity contribution in [1.82, 2.24) is 25.0 Å². The van der Waals surface area contributed by atoms with Crippen LogP contribution in [0.5, 0.6) is 0 Å². The van der Waals surface area contributed by atoms with Crippen LogP contribution in [0.4, 0.5) is 5.69 Å². The maximum absolute atomic E-state index is 12.0. The summed E-state index contributed by atoms with van der Waals surface area (Å²) in [6.07, 6.45) is 4.16. The van der Waals surface area contributed by atoms with E-state index in [2.05, 4.69) is 25.6 Å². The normalized spacial score (nSPS) is 10.9. The van der Waals surface area contributed by atoms with E-state index in [1.807, 2.05) is 59.4 Å². The maximum atomic E-state index is 12.0. The van der Waals surface area contributed by atoms with Gasteiger partial charge in [0.25, 0.3) is 0 Å². The summed E-state index contributed by atoms with van der Waals surface area (Å²) in [6.45, 7) is 0. The number of amides is 1. The molecule has 0 saturated carbocycles. The monoisotopic (exact) mass is 332 g/mol.